The van der Waals surface area contributed by atoms with E-state index in [-0.39, 0.29) is 11.3 Å². The number of aromatic hydroxyl groups is 1. The maximum atomic E-state index is 9.75. The third-order valence-electron chi connectivity index (χ3n) is 2.30. The van der Waals surface area contributed by atoms with Gasteiger partial charge in [0.1, 0.15) is 11.8 Å². The molecule has 3 nitrogen and oxygen atoms in total. The van der Waals surface area contributed by atoms with Gasteiger partial charge in [0.25, 0.3) is 0 Å². The van der Waals surface area contributed by atoms with Crippen LogP contribution in [0, 0.1) is 11.3 Å². The summed E-state index contributed by atoms with van der Waals surface area (Å²) in [4.78, 5) is 4.22. The standard InChI is InChI=1S/C14H10N2O/c15-9-11-5-4-6-12(14(11)17)10-16-13-7-2-1-3-8-13/h1-8,10,17H. The largest absolute Gasteiger partial charge is 0.506 e. The first-order valence-corrected chi connectivity index (χ1v) is 5.12. The average Bonchev–Trinajstić information content (AvgIpc) is 2.39. The van der Waals surface area contributed by atoms with Crippen LogP contribution in [0.5, 0.6) is 5.75 Å². The molecule has 0 saturated carbocycles. The molecule has 0 aliphatic rings. The Kier molecular flexibility index (Phi) is 3.18. The van der Waals surface area contributed by atoms with Crippen molar-refractivity contribution in [1.82, 2.24) is 0 Å². The summed E-state index contributed by atoms with van der Waals surface area (Å²) < 4.78 is 0. The Bertz CT molecular complexity index is 583. The van der Waals surface area contributed by atoms with Gasteiger partial charge in [-0.25, -0.2) is 0 Å². The predicted molar refractivity (Wildman–Crippen MR) is 66.5 cm³/mol. The lowest BCUT2D eigenvalue weighted by Crippen LogP contribution is -1.85. The van der Waals surface area contributed by atoms with Gasteiger partial charge in [0.2, 0.25) is 0 Å². The van der Waals surface area contributed by atoms with Crippen LogP contribution in [0.15, 0.2) is 53.5 Å². The Labute approximate surface area is 99.3 Å². The molecule has 0 atom stereocenters. The Morgan fingerprint density at radius 3 is 2.53 bits per heavy atom. The highest BCUT2D eigenvalue weighted by molar-refractivity contribution is 5.86. The van der Waals surface area contributed by atoms with E-state index in [1.54, 1.807) is 24.4 Å². The molecule has 0 heterocycles. The van der Waals surface area contributed by atoms with Gasteiger partial charge < -0.3 is 5.11 Å². The van der Waals surface area contributed by atoms with Gasteiger partial charge in [0.05, 0.1) is 11.3 Å². The second-order valence-corrected chi connectivity index (χ2v) is 3.45. The fourth-order valence-electron chi connectivity index (χ4n) is 1.41. The monoisotopic (exact) mass is 222 g/mol. The maximum Gasteiger partial charge on any atom is 0.142 e. The number of aliphatic imine (C=N–C) groups is 1. The highest BCUT2D eigenvalue weighted by atomic mass is 16.3. The molecule has 0 saturated heterocycles. The van der Waals surface area contributed by atoms with Crippen molar-refractivity contribution in [3.63, 3.8) is 0 Å². The Balaban J connectivity index is 2.32. The van der Waals surface area contributed by atoms with Crippen LogP contribution in [0.4, 0.5) is 5.69 Å². The van der Waals surface area contributed by atoms with Gasteiger partial charge in [0.15, 0.2) is 0 Å². The molecule has 2 rings (SSSR count). The number of benzene rings is 2. The number of phenolic OH excluding ortho intramolecular Hbond substituents is 1. The second-order valence-electron chi connectivity index (χ2n) is 3.45. The molecule has 0 aliphatic heterocycles. The van der Waals surface area contributed by atoms with E-state index in [0.29, 0.717) is 5.56 Å². The first-order chi connectivity index (χ1) is 8.31. The summed E-state index contributed by atoms with van der Waals surface area (Å²) in [7, 11) is 0. The highest BCUT2D eigenvalue weighted by Crippen LogP contribution is 2.20. The number of nitriles is 1. The normalized spacial score (nSPS) is 10.3. The lowest BCUT2D eigenvalue weighted by atomic mass is 10.1. The first kappa shape index (κ1) is 10.9. The third kappa shape index (κ3) is 2.50. The first-order valence-electron chi connectivity index (χ1n) is 5.12. The smallest absolute Gasteiger partial charge is 0.142 e. The number of nitrogens with zero attached hydrogens (tertiary/aromatic N) is 2. The zero-order valence-corrected chi connectivity index (χ0v) is 9.04. The van der Waals surface area contributed by atoms with E-state index in [1.807, 2.05) is 36.4 Å². The van der Waals surface area contributed by atoms with Crippen LogP contribution in [0.2, 0.25) is 0 Å². The SMILES string of the molecule is N#Cc1cccc(C=Nc2ccccc2)c1O. The number of hydrogen-bond acceptors (Lipinski definition) is 3. The summed E-state index contributed by atoms with van der Waals surface area (Å²) >= 11 is 0. The van der Waals surface area contributed by atoms with Crippen LogP contribution in [-0.4, -0.2) is 11.3 Å². The molecular weight excluding hydrogens is 212 g/mol. The maximum absolute atomic E-state index is 9.75. The minimum atomic E-state index is -0.0327. The summed E-state index contributed by atoms with van der Waals surface area (Å²) in [5, 5.41) is 18.5. The number of para-hydroxylation sites is 2. The van der Waals surface area contributed by atoms with Gasteiger partial charge >= 0.3 is 0 Å². The van der Waals surface area contributed by atoms with Crippen molar-refractivity contribution in [2.75, 3.05) is 0 Å². The molecule has 0 aromatic heterocycles. The Morgan fingerprint density at radius 1 is 1.06 bits per heavy atom. The molecule has 0 bridgehead atoms. The molecule has 2 aromatic carbocycles. The molecule has 0 fully saturated rings. The molecule has 1 N–H and O–H groups in total. The van der Waals surface area contributed by atoms with Crippen LogP contribution < -0.4 is 0 Å². The van der Waals surface area contributed by atoms with Crippen LogP contribution in [0.25, 0.3) is 0 Å². The van der Waals surface area contributed by atoms with Gasteiger partial charge in [-0.3, -0.25) is 4.99 Å². The van der Waals surface area contributed by atoms with Crippen molar-refractivity contribution in [3.8, 4) is 11.8 Å². The molecule has 0 spiro atoms. The molecule has 2 aromatic rings. The molecule has 17 heavy (non-hydrogen) atoms. The van der Waals surface area contributed by atoms with Crippen molar-refractivity contribution in [2.24, 2.45) is 4.99 Å². The van der Waals surface area contributed by atoms with Crippen LogP contribution >= 0.6 is 0 Å². The highest BCUT2D eigenvalue weighted by Gasteiger charge is 2.03. The van der Waals surface area contributed by atoms with Crippen molar-refractivity contribution in [2.45, 2.75) is 0 Å². The summed E-state index contributed by atoms with van der Waals surface area (Å²) in [6, 6.07) is 16.3. The lowest BCUT2D eigenvalue weighted by Gasteiger charge is -1.99. The van der Waals surface area contributed by atoms with E-state index in [4.69, 9.17) is 5.26 Å². The zero-order chi connectivity index (χ0) is 12.1. The second kappa shape index (κ2) is 4.95. The molecule has 0 amide bonds. The van der Waals surface area contributed by atoms with E-state index < -0.39 is 0 Å². The van der Waals surface area contributed by atoms with Crippen molar-refractivity contribution in [1.29, 1.82) is 5.26 Å². The minimum Gasteiger partial charge on any atom is -0.506 e. The summed E-state index contributed by atoms with van der Waals surface area (Å²) in [6.45, 7) is 0. The van der Waals surface area contributed by atoms with Crippen LogP contribution in [0.1, 0.15) is 11.1 Å². The summed E-state index contributed by atoms with van der Waals surface area (Å²) in [6.07, 6.45) is 1.55. The zero-order valence-electron chi connectivity index (χ0n) is 9.04. The van der Waals surface area contributed by atoms with Crippen molar-refractivity contribution < 1.29 is 5.11 Å². The topological polar surface area (TPSA) is 56.4 Å². The van der Waals surface area contributed by atoms with E-state index in [9.17, 15) is 5.11 Å². The van der Waals surface area contributed by atoms with Crippen molar-refractivity contribution in [3.05, 3.63) is 59.7 Å². The fraction of sp³-hybridized carbons (Fsp3) is 0. The van der Waals surface area contributed by atoms with E-state index in [2.05, 4.69) is 4.99 Å². The van der Waals surface area contributed by atoms with Gasteiger partial charge in [-0.2, -0.15) is 5.26 Å². The fourth-order valence-corrected chi connectivity index (χ4v) is 1.41. The number of phenols is 1. The molecule has 3 heteroatoms. The Hall–Kier alpha value is -2.60. The summed E-state index contributed by atoms with van der Waals surface area (Å²) in [5.41, 5.74) is 1.59. The lowest BCUT2D eigenvalue weighted by molar-refractivity contribution is 0.472. The van der Waals surface area contributed by atoms with Gasteiger partial charge in [-0.1, -0.05) is 24.3 Å². The summed E-state index contributed by atoms with van der Waals surface area (Å²) in [5.74, 6) is -0.0327. The van der Waals surface area contributed by atoms with Gasteiger partial charge in [-0.15, -0.1) is 0 Å². The van der Waals surface area contributed by atoms with Gasteiger partial charge in [0, 0.05) is 11.8 Å². The van der Waals surface area contributed by atoms with E-state index in [0.717, 1.165) is 5.69 Å². The third-order valence-corrected chi connectivity index (χ3v) is 2.30. The van der Waals surface area contributed by atoms with Crippen LogP contribution in [0.3, 0.4) is 0 Å². The Morgan fingerprint density at radius 2 is 1.82 bits per heavy atom. The molecule has 82 valence electrons. The molecular formula is C14H10N2O. The minimum absolute atomic E-state index is 0.0327. The molecule has 0 aliphatic carbocycles. The quantitative estimate of drug-likeness (QED) is 0.794. The van der Waals surface area contributed by atoms with E-state index >= 15 is 0 Å². The molecule has 0 unspecified atom stereocenters. The molecule has 0 radical (unpaired) electrons. The van der Waals surface area contributed by atoms with Gasteiger partial charge in [-0.05, 0) is 24.3 Å². The van der Waals surface area contributed by atoms with Crippen LogP contribution in [-0.2, 0) is 0 Å². The van der Waals surface area contributed by atoms with E-state index in [1.165, 1.54) is 0 Å². The number of hydrogen-bond donors (Lipinski definition) is 1. The number of rotatable bonds is 2. The average molecular weight is 222 g/mol. The predicted octanol–water partition coefficient (Wildman–Crippen LogP) is 3.01. The van der Waals surface area contributed by atoms with Crippen molar-refractivity contribution >= 4 is 11.9 Å².